The second-order valence-corrected chi connectivity index (χ2v) is 6.74. The van der Waals surface area contributed by atoms with Gasteiger partial charge in [-0.05, 0) is 12.5 Å². The van der Waals surface area contributed by atoms with Crippen LogP contribution in [0.1, 0.15) is 19.8 Å². The zero-order chi connectivity index (χ0) is 14.7. The first kappa shape index (κ1) is 15.7. The molecule has 20 heavy (non-hydrogen) atoms. The van der Waals surface area contributed by atoms with E-state index in [-0.39, 0.29) is 22.7 Å². The molecule has 0 saturated heterocycles. The van der Waals surface area contributed by atoms with E-state index in [0.29, 0.717) is 16.8 Å². The lowest BCUT2D eigenvalue weighted by Crippen LogP contribution is -2.52. The number of ether oxygens (including phenoxy) is 2. The lowest BCUT2D eigenvalue weighted by atomic mass is 9.91. The molecule has 0 aliphatic heterocycles. The van der Waals surface area contributed by atoms with E-state index in [4.69, 9.17) is 9.47 Å². The molecule has 0 heterocycles. The van der Waals surface area contributed by atoms with E-state index in [1.807, 2.05) is 0 Å². The molecule has 1 aliphatic rings. The van der Waals surface area contributed by atoms with Crippen LogP contribution in [0.4, 0.5) is 5.69 Å². The molecule has 0 N–H and O–H groups in total. The molecule has 2 rings (SSSR count). The quantitative estimate of drug-likeness (QED) is 0.404. The van der Waals surface area contributed by atoms with Crippen LogP contribution < -0.4 is 4.74 Å². The number of benzene rings is 1. The number of nitrogens with zero attached hydrogens (tertiary/aromatic N) is 1. The van der Waals surface area contributed by atoms with Crippen LogP contribution in [0.15, 0.2) is 22.7 Å². The Balaban J connectivity index is 2.04. The van der Waals surface area contributed by atoms with Gasteiger partial charge < -0.3 is 9.47 Å². The lowest BCUT2D eigenvalue weighted by molar-refractivity contribution is -0.385. The van der Waals surface area contributed by atoms with Crippen molar-refractivity contribution in [3.05, 3.63) is 32.8 Å². The van der Waals surface area contributed by atoms with Gasteiger partial charge in [0.05, 0.1) is 11.0 Å². The van der Waals surface area contributed by atoms with Gasteiger partial charge in [-0.2, -0.15) is 0 Å². The molecule has 0 bridgehead atoms. The van der Waals surface area contributed by atoms with Crippen LogP contribution in [0.25, 0.3) is 0 Å². The third-order valence-electron chi connectivity index (χ3n) is 3.05. The highest BCUT2D eigenvalue weighted by molar-refractivity contribution is 9.10. The van der Waals surface area contributed by atoms with Crippen molar-refractivity contribution in [2.75, 3.05) is 6.61 Å². The van der Waals surface area contributed by atoms with Crippen LogP contribution in [0.3, 0.4) is 0 Å². The van der Waals surface area contributed by atoms with Crippen molar-refractivity contribution in [1.82, 2.24) is 0 Å². The molecular formula is C13H15Br2NO4. The summed E-state index contributed by atoms with van der Waals surface area (Å²) in [6.45, 7) is 2.74. The highest BCUT2D eigenvalue weighted by atomic mass is 79.9. The van der Waals surface area contributed by atoms with E-state index in [1.54, 1.807) is 6.07 Å². The summed E-state index contributed by atoms with van der Waals surface area (Å²) >= 11 is 6.80. The lowest BCUT2D eigenvalue weighted by Gasteiger charge is -2.40. The third-order valence-corrected chi connectivity index (χ3v) is 4.40. The number of rotatable bonds is 6. The van der Waals surface area contributed by atoms with Crippen molar-refractivity contribution >= 4 is 37.5 Å². The SMILES string of the molecule is CCCOC1C(Br)CC1Oc1cc(Br)cc([N+](=O)[O-])c1. The van der Waals surface area contributed by atoms with Gasteiger partial charge in [0.15, 0.2) is 0 Å². The summed E-state index contributed by atoms with van der Waals surface area (Å²) < 4.78 is 12.2. The predicted octanol–water partition coefficient (Wildman–Crippen LogP) is 4.07. The summed E-state index contributed by atoms with van der Waals surface area (Å²) in [5, 5.41) is 10.8. The zero-order valence-corrected chi connectivity index (χ0v) is 14.1. The predicted molar refractivity (Wildman–Crippen MR) is 82.6 cm³/mol. The molecule has 5 nitrogen and oxygen atoms in total. The maximum absolute atomic E-state index is 10.8. The number of nitro groups is 1. The Morgan fingerprint density at radius 2 is 2.20 bits per heavy atom. The van der Waals surface area contributed by atoms with Gasteiger partial charge in [0.2, 0.25) is 0 Å². The van der Waals surface area contributed by atoms with Crippen LogP contribution in [0.5, 0.6) is 5.75 Å². The number of halogens is 2. The van der Waals surface area contributed by atoms with E-state index in [9.17, 15) is 10.1 Å². The van der Waals surface area contributed by atoms with Crippen molar-refractivity contribution in [3.8, 4) is 5.75 Å². The number of non-ortho nitro benzene ring substituents is 1. The Kier molecular flexibility index (Phi) is 5.40. The highest BCUT2D eigenvalue weighted by Gasteiger charge is 2.42. The monoisotopic (exact) mass is 407 g/mol. The Hall–Kier alpha value is -0.660. The second-order valence-electron chi connectivity index (χ2n) is 4.65. The smallest absolute Gasteiger partial charge is 0.274 e. The second kappa shape index (κ2) is 6.87. The standard InChI is InChI=1S/C13H15Br2NO4/c1-2-3-19-13-11(15)7-12(13)20-10-5-8(14)4-9(6-10)16(17)18/h4-6,11-13H,2-3,7H2,1H3. The van der Waals surface area contributed by atoms with Gasteiger partial charge in [-0.15, -0.1) is 0 Å². The Morgan fingerprint density at radius 1 is 1.45 bits per heavy atom. The van der Waals surface area contributed by atoms with Gasteiger partial charge >= 0.3 is 0 Å². The molecular weight excluding hydrogens is 394 g/mol. The van der Waals surface area contributed by atoms with Gasteiger partial charge in [0.25, 0.3) is 5.69 Å². The van der Waals surface area contributed by atoms with Crippen molar-refractivity contribution < 1.29 is 14.4 Å². The fourth-order valence-electron chi connectivity index (χ4n) is 2.00. The van der Waals surface area contributed by atoms with Gasteiger partial charge in [-0.3, -0.25) is 10.1 Å². The van der Waals surface area contributed by atoms with Crippen molar-refractivity contribution in [2.24, 2.45) is 0 Å². The van der Waals surface area contributed by atoms with Crippen LogP contribution >= 0.6 is 31.9 Å². The molecule has 0 amide bonds. The average molecular weight is 409 g/mol. The third kappa shape index (κ3) is 3.71. The number of hydrogen-bond acceptors (Lipinski definition) is 4. The van der Waals surface area contributed by atoms with E-state index >= 15 is 0 Å². The first-order chi connectivity index (χ1) is 9.51. The van der Waals surface area contributed by atoms with Crippen LogP contribution in [-0.2, 0) is 4.74 Å². The van der Waals surface area contributed by atoms with Crippen molar-refractivity contribution in [1.29, 1.82) is 0 Å². The van der Waals surface area contributed by atoms with E-state index < -0.39 is 4.92 Å². The summed E-state index contributed by atoms with van der Waals surface area (Å²) in [5.41, 5.74) is 0.00937. The summed E-state index contributed by atoms with van der Waals surface area (Å²) in [6, 6.07) is 4.61. The fraction of sp³-hybridized carbons (Fsp3) is 0.538. The van der Waals surface area contributed by atoms with Gasteiger partial charge in [0.1, 0.15) is 18.0 Å². The maximum atomic E-state index is 10.8. The minimum absolute atomic E-state index is 0.00649. The van der Waals surface area contributed by atoms with Crippen LogP contribution in [0.2, 0.25) is 0 Å². The molecule has 0 aromatic heterocycles. The summed E-state index contributed by atoms with van der Waals surface area (Å²) in [4.78, 5) is 10.7. The Labute approximate surface area is 134 Å². The number of hydrogen-bond donors (Lipinski definition) is 0. The van der Waals surface area contributed by atoms with E-state index in [0.717, 1.165) is 12.8 Å². The van der Waals surface area contributed by atoms with Gasteiger partial charge in [-0.1, -0.05) is 38.8 Å². The molecule has 110 valence electrons. The molecule has 1 aliphatic carbocycles. The molecule has 1 saturated carbocycles. The first-order valence-corrected chi connectivity index (χ1v) is 8.09. The van der Waals surface area contributed by atoms with Crippen molar-refractivity contribution in [2.45, 2.75) is 36.8 Å². The van der Waals surface area contributed by atoms with E-state index in [2.05, 4.69) is 38.8 Å². The Morgan fingerprint density at radius 3 is 2.80 bits per heavy atom. The molecule has 0 spiro atoms. The molecule has 7 heteroatoms. The number of alkyl halides is 1. The van der Waals surface area contributed by atoms with Crippen molar-refractivity contribution in [3.63, 3.8) is 0 Å². The largest absolute Gasteiger partial charge is 0.487 e. The summed E-state index contributed by atoms with van der Waals surface area (Å²) in [5.74, 6) is 0.487. The number of nitro benzene ring substituents is 1. The molecule has 0 radical (unpaired) electrons. The minimum atomic E-state index is -0.434. The van der Waals surface area contributed by atoms with Crippen LogP contribution in [-0.4, -0.2) is 28.6 Å². The molecule has 3 unspecified atom stereocenters. The summed E-state index contributed by atoms with van der Waals surface area (Å²) in [6.07, 6.45) is 1.70. The first-order valence-electron chi connectivity index (χ1n) is 6.38. The van der Waals surface area contributed by atoms with Gasteiger partial charge in [0, 0.05) is 28.4 Å². The molecule has 1 fully saturated rings. The van der Waals surface area contributed by atoms with E-state index in [1.165, 1.54) is 12.1 Å². The van der Waals surface area contributed by atoms with Gasteiger partial charge in [-0.25, -0.2) is 0 Å². The zero-order valence-electron chi connectivity index (χ0n) is 10.9. The van der Waals surface area contributed by atoms with Crippen LogP contribution in [0, 0.1) is 10.1 Å². The highest BCUT2D eigenvalue weighted by Crippen LogP contribution is 2.36. The Bertz CT molecular complexity index is 497. The minimum Gasteiger partial charge on any atom is -0.487 e. The maximum Gasteiger partial charge on any atom is 0.274 e. The molecule has 1 aromatic rings. The molecule has 1 aromatic carbocycles. The summed E-state index contributed by atoms with van der Waals surface area (Å²) in [7, 11) is 0. The average Bonchev–Trinajstić information content (AvgIpc) is 2.37. The molecule has 3 atom stereocenters. The topological polar surface area (TPSA) is 61.6 Å². The fourth-order valence-corrected chi connectivity index (χ4v) is 3.33. The normalized spacial score (nSPS) is 25.1.